The smallest absolute Gasteiger partial charge is 0.465 e. The van der Waals surface area contributed by atoms with E-state index in [0.717, 1.165) is 77.4 Å². The maximum Gasteiger partial charge on any atom is 0.508 e. The van der Waals surface area contributed by atoms with Crippen molar-refractivity contribution in [2.45, 2.75) is 255 Å². The number of ether oxygens (including phenoxy) is 5. The number of esters is 2. The average molecular weight is 925 g/mol. The molecule has 1 amide bonds. The topological polar surface area (TPSA) is 130 Å². The maximum atomic E-state index is 13.9. The lowest BCUT2D eigenvalue weighted by Gasteiger charge is -2.38. The van der Waals surface area contributed by atoms with Crippen molar-refractivity contribution in [3.05, 3.63) is 0 Å². The van der Waals surface area contributed by atoms with Crippen LogP contribution in [0, 0.1) is 16.7 Å². The molecule has 0 aliphatic carbocycles. The predicted octanol–water partition coefficient (Wildman–Crippen LogP) is 14.7. The van der Waals surface area contributed by atoms with Gasteiger partial charge in [-0.2, -0.15) is 0 Å². The molecule has 1 unspecified atom stereocenters. The Hall–Kier alpha value is -2.56. The third kappa shape index (κ3) is 32.7. The molecule has 1 N–H and O–H groups in total. The molecule has 0 bridgehead atoms. The highest BCUT2D eigenvalue weighted by molar-refractivity contribution is 5.87. The summed E-state index contributed by atoms with van der Waals surface area (Å²) >= 11 is 0. The van der Waals surface area contributed by atoms with Crippen LogP contribution in [0.2, 0.25) is 0 Å². The fourth-order valence-corrected chi connectivity index (χ4v) is 7.86. The van der Waals surface area contributed by atoms with Crippen molar-refractivity contribution in [3.8, 4) is 0 Å². The molecule has 0 aliphatic rings. The molecule has 0 radical (unpaired) electrons. The highest BCUT2D eigenvalue weighted by atomic mass is 16.7. The summed E-state index contributed by atoms with van der Waals surface area (Å²) in [6.45, 7) is 20.6. The van der Waals surface area contributed by atoms with Crippen LogP contribution in [0.3, 0.4) is 0 Å². The monoisotopic (exact) mass is 925 g/mol. The molecule has 0 fully saturated rings. The van der Waals surface area contributed by atoms with Crippen molar-refractivity contribution in [1.29, 1.82) is 0 Å². The van der Waals surface area contributed by atoms with Crippen LogP contribution in [0.4, 0.5) is 9.59 Å². The number of hydrogen-bond donors (Lipinski definition) is 1. The van der Waals surface area contributed by atoms with Gasteiger partial charge >= 0.3 is 24.2 Å². The molecule has 0 saturated heterocycles. The van der Waals surface area contributed by atoms with E-state index in [1.807, 2.05) is 0 Å². The fourth-order valence-electron chi connectivity index (χ4n) is 7.86. The summed E-state index contributed by atoms with van der Waals surface area (Å²) in [6, 6.07) is 0. The largest absolute Gasteiger partial charge is 0.508 e. The molecule has 11 heteroatoms. The number of carbonyl (C=O) groups excluding carboxylic acids is 4. The third-order valence-corrected chi connectivity index (χ3v) is 13.5. The highest BCUT2D eigenvalue weighted by Crippen LogP contribution is 2.41. The first-order valence-corrected chi connectivity index (χ1v) is 27.1. The molecule has 11 nitrogen and oxygen atoms in total. The number of nitrogens with zero attached hydrogens (tertiary/aromatic N) is 1. The zero-order chi connectivity index (χ0) is 48.4. The zero-order valence-electron chi connectivity index (χ0n) is 43.9. The summed E-state index contributed by atoms with van der Waals surface area (Å²) < 4.78 is 28.3. The lowest BCUT2D eigenvalue weighted by molar-refractivity contribution is -0.180. The van der Waals surface area contributed by atoms with Gasteiger partial charge in [0.05, 0.1) is 23.4 Å². The molecule has 0 aromatic rings. The second kappa shape index (κ2) is 41.6. The lowest BCUT2D eigenvalue weighted by Crippen LogP contribution is -2.48. The van der Waals surface area contributed by atoms with Gasteiger partial charge in [0.1, 0.15) is 25.9 Å². The molecular formula is C54H104N2O9. The van der Waals surface area contributed by atoms with Crippen LogP contribution in [0.1, 0.15) is 249 Å². The Kier molecular flexibility index (Phi) is 40.0. The highest BCUT2D eigenvalue weighted by Gasteiger charge is 2.51. The van der Waals surface area contributed by atoms with Crippen molar-refractivity contribution in [1.82, 2.24) is 10.2 Å². The van der Waals surface area contributed by atoms with Crippen LogP contribution in [-0.2, 0) is 33.3 Å². The molecule has 1 atom stereocenters. The van der Waals surface area contributed by atoms with Crippen LogP contribution < -0.4 is 5.32 Å². The van der Waals surface area contributed by atoms with E-state index in [0.29, 0.717) is 13.0 Å². The van der Waals surface area contributed by atoms with Crippen molar-refractivity contribution in [2.75, 3.05) is 52.6 Å². The number of rotatable bonds is 45. The zero-order valence-corrected chi connectivity index (χ0v) is 43.9. The summed E-state index contributed by atoms with van der Waals surface area (Å²) in [5.41, 5.74) is -2.45. The first kappa shape index (κ1) is 62.4. The van der Waals surface area contributed by atoms with E-state index < -0.39 is 40.9 Å². The van der Waals surface area contributed by atoms with E-state index in [4.69, 9.17) is 23.7 Å². The number of carbonyl (C=O) groups is 4. The minimum Gasteiger partial charge on any atom is -0.465 e. The number of unbranched alkanes of at least 4 members (excludes halogenated alkanes) is 23. The van der Waals surface area contributed by atoms with E-state index in [-0.39, 0.29) is 32.5 Å². The molecule has 0 rings (SSSR count). The van der Waals surface area contributed by atoms with Crippen LogP contribution in [0.25, 0.3) is 0 Å². The van der Waals surface area contributed by atoms with Gasteiger partial charge in [-0.15, -0.1) is 0 Å². The summed E-state index contributed by atoms with van der Waals surface area (Å²) in [4.78, 5) is 55.3. The van der Waals surface area contributed by atoms with E-state index >= 15 is 0 Å². The van der Waals surface area contributed by atoms with Crippen LogP contribution in [0.5, 0.6) is 0 Å². The van der Waals surface area contributed by atoms with Gasteiger partial charge in [0, 0.05) is 13.1 Å². The average Bonchev–Trinajstić information content (AvgIpc) is 3.29. The first-order valence-electron chi connectivity index (χ1n) is 27.1. The second-order valence-corrected chi connectivity index (χ2v) is 19.8. The maximum absolute atomic E-state index is 13.9. The normalized spacial score (nSPS) is 12.4. The van der Waals surface area contributed by atoms with Gasteiger partial charge in [0.2, 0.25) is 0 Å². The second-order valence-electron chi connectivity index (χ2n) is 19.8. The first-order chi connectivity index (χ1) is 31.3. The van der Waals surface area contributed by atoms with Gasteiger partial charge in [-0.25, -0.2) is 9.59 Å². The molecule has 0 heterocycles. The van der Waals surface area contributed by atoms with E-state index in [9.17, 15) is 19.2 Å². The van der Waals surface area contributed by atoms with Gasteiger partial charge in [-0.05, 0) is 79.3 Å². The molecule has 65 heavy (non-hydrogen) atoms. The predicted molar refractivity (Wildman–Crippen MR) is 267 cm³/mol. The third-order valence-electron chi connectivity index (χ3n) is 13.5. The summed E-state index contributed by atoms with van der Waals surface area (Å²) in [5.74, 6) is -1.66. The minimum atomic E-state index is -1.25. The Morgan fingerprint density at radius 1 is 0.462 bits per heavy atom. The van der Waals surface area contributed by atoms with Crippen molar-refractivity contribution < 1.29 is 42.9 Å². The Bertz CT molecular complexity index is 1140. The van der Waals surface area contributed by atoms with Crippen LogP contribution in [-0.4, -0.2) is 87.8 Å². The Balaban J connectivity index is 5.26. The summed E-state index contributed by atoms with van der Waals surface area (Å²) in [5, 5.41) is 2.83. The summed E-state index contributed by atoms with van der Waals surface area (Å²) in [7, 11) is 0. The molecule has 0 aliphatic heterocycles. The van der Waals surface area contributed by atoms with Gasteiger partial charge < -0.3 is 33.9 Å². The number of amides is 1. The van der Waals surface area contributed by atoms with Crippen LogP contribution >= 0.6 is 0 Å². The number of hydrogen-bond acceptors (Lipinski definition) is 10. The summed E-state index contributed by atoms with van der Waals surface area (Å²) in [6.07, 6.45) is 32.4. The Morgan fingerprint density at radius 2 is 0.862 bits per heavy atom. The molecule has 0 aromatic heterocycles. The number of nitrogens with one attached hydrogen (secondary N) is 1. The van der Waals surface area contributed by atoms with Gasteiger partial charge in [-0.3, -0.25) is 9.59 Å². The Labute approximate surface area is 400 Å². The SMILES string of the molecule is CCCCCCCCCCCCCCCCNC(=O)OCC(COC(=O)OCCCN(CC)CC)COC(=O)C(C)(C)C(C)(C)C(=O)OC(CCCCCCCC)CCCCCCCC. The standard InChI is InChI=1S/C54H104N2O9/c1-10-15-18-21-24-25-26-27-28-29-30-31-34-37-41-55-51(59)63-45-47(46-64-52(60)61-43-38-42-56(13-4)14-5)44-62-49(57)53(6,7)54(8,9)50(58)65-48(39-35-32-22-19-16-11-2)40-36-33-23-20-17-12-3/h47-48H,10-46H2,1-9H3,(H,55,59). The van der Waals surface area contributed by atoms with Crippen molar-refractivity contribution >= 4 is 24.2 Å². The fraction of sp³-hybridized carbons (Fsp3) is 0.926. The van der Waals surface area contributed by atoms with Crippen molar-refractivity contribution in [2.24, 2.45) is 16.7 Å². The van der Waals surface area contributed by atoms with Gasteiger partial charge in [0.25, 0.3) is 0 Å². The lowest BCUT2D eigenvalue weighted by atomic mass is 9.68. The Morgan fingerprint density at radius 3 is 1.32 bits per heavy atom. The number of alkyl carbamates (subject to hydrolysis) is 1. The minimum absolute atomic E-state index is 0.141. The molecular weight excluding hydrogens is 821 g/mol. The molecule has 384 valence electrons. The molecule has 0 saturated carbocycles. The molecule has 0 spiro atoms. The van der Waals surface area contributed by atoms with Gasteiger partial charge in [0.15, 0.2) is 0 Å². The quantitative estimate of drug-likeness (QED) is 0.0358. The molecule has 0 aromatic carbocycles. The van der Waals surface area contributed by atoms with E-state index in [1.54, 1.807) is 27.7 Å². The van der Waals surface area contributed by atoms with E-state index in [2.05, 4.69) is 44.8 Å². The van der Waals surface area contributed by atoms with E-state index in [1.165, 1.54) is 122 Å². The van der Waals surface area contributed by atoms with Gasteiger partial charge in [-0.1, -0.05) is 182 Å². The van der Waals surface area contributed by atoms with Crippen molar-refractivity contribution in [3.63, 3.8) is 0 Å². The van der Waals surface area contributed by atoms with Crippen LogP contribution in [0.15, 0.2) is 0 Å².